The van der Waals surface area contributed by atoms with Gasteiger partial charge in [0.05, 0.1) is 6.26 Å². The molecule has 0 saturated heterocycles. The van der Waals surface area contributed by atoms with Crippen LogP contribution in [0.15, 0.2) is 0 Å². The van der Waals surface area contributed by atoms with E-state index >= 15 is 0 Å². The molecule has 3 rings (SSSR count). The highest BCUT2D eigenvalue weighted by molar-refractivity contribution is 7.97. The van der Waals surface area contributed by atoms with Crippen molar-refractivity contribution in [2.24, 2.45) is 16.7 Å². The Morgan fingerprint density at radius 1 is 1.06 bits per heavy atom. The van der Waals surface area contributed by atoms with Crippen molar-refractivity contribution in [1.29, 1.82) is 0 Å². The Labute approximate surface area is 199 Å². The number of unbranched alkanes of at least 4 members (excludes halogenated alkanes) is 3. The molecule has 5 nitrogen and oxygen atoms in total. The quantitative estimate of drug-likeness (QED) is 0.258. The van der Waals surface area contributed by atoms with E-state index in [9.17, 15) is 22.6 Å². The molecule has 2 bridgehead atoms. The third-order valence-corrected chi connectivity index (χ3v) is 12.2. The topological polar surface area (TPSA) is 91.3 Å². The van der Waals surface area contributed by atoms with Gasteiger partial charge in [0.1, 0.15) is 20.6 Å². The first-order valence-corrected chi connectivity index (χ1v) is 15.8. The molecule has 3 fully saturated rings. The molecule has 0 aromatic heterocycles. The maximum Gasteiger partial charge on any atom is 0.181 e. The minimum absolute atomic E-state index is 0.294. The Balaban J connectivity index is 0.000000228. The summed E-state index contributed by atoms with van der Waals surface area (Å²) in [5.41, 5.74) is -0.994. The molecule has 0 amide bonds. The highest BCUT2D eigenvalue weighted by Gasteiger charge is 2.67. The number of carbonyl (C=O) groups is 2. The minimum Gasteiger partial charge on any atom is -0.747 e. The van der Waals surface area contributed by atoms with Crippen LogP contribution in [-0.2, 0) is 30.6 Å². The zero-order chi connectivity index (χ0) is 24.2. The van der Waals surface area contributed by atoms with Crippen LogP contribution < -0.4 is 0 Å². The van der Waals surface area contributed by atoms with Gasteiger partial charge in [0.25, 0.3) is 0 Å². The Hall–Kier alpha value is -0.400. The largest absolute Gasteiger partial charge is 0.747 e. The number of ketones is 2. The molecule has 0 aromatic rings. The van der Waals surface area contributed by atoms with Crippen LogP contribution in [0.1, 0.15) is 105 Å². The highest BCUT2D eigenvalue weighted by Crippen LogP contribution is 2.64. The standard InChI is InChI=1S/C15H29OS.C10H16O4S/c1-3-4-5-7-10-14(16)13-17(2)15-11-8-6-9-12-15;1-9(2)6-4-5-10(9,3)8(11)7(6)15(12,13)14/h15H,3-13H2,1-2H3;6-7H,4-5H2,1-3H3,(H,12,13,14)/q+1;/p-1. The van der Waals surface area contributed by atoms with Gasteiger partial charge in [-0.3, -0.25) is 9.59 Å². The van der Waals surface area contributed by atoms with E-state index in [1.807, 2.05) is 13.8 Å². The van der Waals surface area contributed by atoms with Crippen molar-refractivity contribution in [3.63, 3.8) is 0 Å². The van der Waals surface area contributed by atoms with Gasteiger partial charge in [-0.15, -0.1) is 0 Å². The lowest BCUT2D eigenvalue weighted by Gasteiger charge is -2.32. The zero-order valence-electron chi connectivity index (χ0n) is 20.8. The van der Waals surface area contributed by atoms with Crippen molar-refractivity contribution >= 4 is 32.6 Å². The van der Waals surface area contributed by atoms with Crippen molar-refractivity contribution < 1.29 is 22.6 Å². The summed E-state index contributed by atoms with van der Waals surface area (Å²) in [6.07, 6.45) is 16.4. The molecule has 0 heterocycles. The normalized spacial score (nSPS) is 30.6. The third kappa shape index (κ3) is 6.18. The van der Waals surface area contributed by atoms with Gasteiger partial charge in [-0.1, -0.05) is 53.4 Å². The molecule has 7 heteroatoms. The van der Waals surface area contributed by atoms with Crippen LogP contribution in [0.4, 0.5) is 0 Å². The minimum atomic E-state index is -4.49. The number of Topliss-reactive ketones (excluding diaryl/α,β-unsaturated/α-hetero) is 2. The van der Waals surface area contributed by atoms with E-state index in [1.165, 1.54) is 51.4 Å². The summed E-state index contributed by atoms with van der Waals surface area (Å²) in [5, 5.41) is -0.436. The predicted molar refractivity (Wildman–Crippen MR) is 132 cm³/mol. The first-order valence-electron chi connectivity index (χ1n) is 12.5. The molecule has 0 radical (unpaired) electrons. The Bertz CT molecular complexity index is 754. The Morgan fingerprint density at radius 2 is 1.69 bits per heavy atom. The van der Waals surface area contributed by atoms with E-state index in [0.29, 0.717) is 29.5 Å². The summed E-state index contributed by atoms with van der Waals surface area (Å²) < 4.78 is 33.3. The lowest BCUT2D eigenvalue weighted by Crippen LogP contribution is -2.38. The van der Waals surface area contributed by atoms with Gasteiger partial charge >= 0.3 is 0 Å². The summed E-state index contributed by atoms with van der Waals surface area (Å²) in [7, 11) is -4.13. The average molecular weight is 489 g/mol. The van der Waals surface area contributed by atoms with Crippen LogP contribution in [0, 0.1) is 16.7 Å². The van der Waals surface area contributed by atoms with E-state index in [1.54, 1.807) is 6.92 Å². The lowest BCUT2D eigenvalue weighted by molar-refractivity contribution is -0.128. The fourth-order valence-corrected chi connectivity index (χ4v) is 9.42. The molecule has 186 valence electrons. The summed E-state index contributed by atoms with van der Waals surface area (Å²) in [6, 6.07) is 0. The fraction of sp³-hybridized carbons (Fsp3) is 0.920. The average Bonchev–Trinajstić information content (AvgIpc) is 3.04. The first-order chi connectivity index (χ1) is 14.9. The molecule has 3 saturated carbocycles. The highest BCUT2D eigenvalue weighted by atomic mass is 32.2. The number of fused-ring (bicyclic) bond motifs is 2. The van der Waals surface area contributed by atoms with Crippen molar-refractivity contribution in [3.05, 3.63) is 0 Å². The monoisotopic (exact) mass is 488 g/mol. The number of hydrogen-bond donors (Lipinski definition) is 0. The van der Waals surface area contributed by atoms with Crippen molar-refractivity contribution in [2.45, 2.75) is 115 Å². The van der Waals surface area contributed by atoms with Gasteiger partial charge in [0.2, 0.25) is 0 Å². The molecular formula is C25H44O5S2. The van der Waals surface area contributed by atoms with Gasteiger partial charge in [0, 0.05) is 11.8 Å². The fourth-order valence-electron chi connectivity index (χ4n) is 6.00. The summed E-state index contributed by atoms with van der Waals surface area (Å²) in [6.45, 7) is 7.80. The van der Waals surface area contributed by atoms with Crippen LogP contribution in [0.2, 0.25) is 0 Å². The van der Waals surface area contributed by atoms with Crippen LogP contribution in [0.5, 0.6) is 0 Å². The number of hydrogen-bond acceptors (Lipinski definition) is 5. The third-order valence-electron chi connectivity index (χ3n) is 8.60. The van der Waals surface area contributed by atoms with E-state index in [0.717, 1.165) is 23.8 Å². The zero-order valence-corrected chi connectivity index (χ0v) is 22.4. The molecule has 0 N–H and O–H groups in total. The molecule has 4 unspecified atom stereocenters. The van der Waals surface area contributed by atoms with E-state index in [4.69, 9.17) is 0 Å². The Morgan fingerprint density at radius 3 is 2.16 bits per heavy atom. The van der Waals surface area contributed by atoms with Crippen molar-refractivity contribution in [2.75, 3.05) is 12.0 Å². The van der Waals surface area contributed by atoms with Crippen LogP contribution in [-0.4, -0.2) is 47.0 Å². The van der Waals surface area contributed by atoms with Crippen molar-refractivity contribution in [1.82, 2.24) is 0 Å². The summed E-state index contributed by atoms with van der Waals surface area (Å²) >= 11 is 0. The van der Waals surface area contributed by atoms with Crippen LogP contribution in [0.25, 0.3) is 0 Å². The lowest BCUT2D eigenvalue weighted by atomic mass is 9.70. The summed E-state index contributed by atoms with van der Waals surface area (Å²) in [4.78, 5) is 23.8. The van der Waals surface area contributed by atoms with Gasteiger partial charge in [-0.2, -0.15) is 0 Å². The Kier molecular flexibility index (Phi) is 9.88. The second-order valence-electron chi connectivity index (χ2n) is 10.9. The maximum absolute atomic E-state index is 12.0. The molecule has 0 spiro atoms. The summed E-state index contributed by atoms with van der Waals surface area (Å²) in [5.74, 6) is 0.741. The van der Waals surface area contributed by atoms with Gasteiger partial charge in [-0.05, 0) is 67.2 Å². The molecule has 3 aliphatic carbocycles. The molecule has 32 heavy (non-hydrogen) atoms. The second-order valence-corrected chi connectivity index (χ2v) is 14.8. The van der Waals surface area contributed by atoms with Crippen LogP contribution in [0.3, 0.4) is 0 Å². The van der Waals surface area contributed by atoms with Gasteiger partial charge < -0.3 is 4.55 Å². The second kappa shape index (κ2) is 11.4. The van der Waals surface area contributed by atoms with Gasteiger partial charge in [0.15, 0.2) is 17.3 Å². The van der Waals surface area contributed by atoms with Crippen LogP contribution >= 0.6 is 0 Å². The van der Waals surface area contributed by atoms with Gasteiger partial charge in [-0.25, -0.2) is 8.42 Å². The molecule has 0 aromatic carbocycles. The smallest absolute Gasteiger partial charge is 0.181 e. The molecule has 0 aliphatic heterocycles. The van der Waals surface area contributed by atoms with E-state index in [-0.39, 0.29) is 17.1 Å². The maximum atomic E-state index is 12.0. The molecule has 3 aliphatic rings. The van der Waals surface area contributed by atoms with E-state index in [2.05, 4.69) is 13.2 Å². The first kappa shape index (κ1) is 27.8. The molecular weight excluding hydrogens is 444 g/mol. The van der Waals surface area contributed by atoms with Crippen molar-refractivity contribution in [3.8, 4) is 0 Å². The number of carbonyl (C=O) groups excluding carboxylic acids is 2. The predicted octanol–water partition coefficient (Wildman–Crippen LogP) is 5.03. The molecule has 4 atom stereocenters. The number of rotatable bonds is 9. The van der Waals surface area contributed by atoms with E-state index < -0.39 is 20.8 Å². The SMILES string of the molecule is CC12CCC(C(S(=O)(=O)[O-])C1=O)C2(C)C.CCCCCCC(=O)C[S+](C)C1CCCCC1.